The molecule has 1 heterocycles. The average molecular weight is 261 g/mol. The Morgan fingerprint density at radius 1 is 1.37 bits per heavy atom. The van der Waals surface area contributed by atoms with Gasteiger partial charge in [-0.1, -0.05) is 32.0 Å². The van der Waals surface area contributed by atoms with Gasteiger partial charge < -0.3 is 10.1 Å². The summed E-state index contributed by atoms with van der Waals surface area (Å²) >= 11 is 0. The minimum Gasteiger partial charge on any atom is -0.493 e. The number of benzene rings is 1. The molecule has 0 aliphatic carbocycles. The molecule has 106 valence electrons. The van der Waals surface area contributed by atoms with Crippen LogP contribution < -0.4 is 10.1 Å². The molecule has 0 saturated carbocycles. The van der Waals surface area contributed by atoms with Crippen molar-refractivity contribution in [3.8, 4) is 5.75 Å². The van der Waals surface area contributed by atoms with E-state index >= 15 is 0 Å². The van der Waals surface area contributed by atoms with Crippen LogP contribution in [0.25, 0.3) is 0 Å². The standard InChI is InChI=1S/C17H27NO/c1-3-14(2)16-10-4-5-11-17(16)19-13-7-9-15-8-6-12-18-15/h4-5,10-11,14-15,18H,3,6-9,12-13H2,1-2H3. The number of ether oxygens (including phenoxy) is 1. The first-order valence-electron chi connectivity index (χ1n) is 7.76. The van der Waals surface area contributed by atoms with Crippen LogP contribution in [0.5, 0.6) is 5.75 Å². The molecular weight excluding hydrogens is 234 g/mol. The summed E-state index contributed by atoms with van der Waals surface area (Å²) < 4.78 is 5.99. The highest BCUT2D eigenvalue weighted by Crippen LogP contribution is 2.28. The molecule has 2 rings (SSSR count). The topological polar surface area (TPSA) is 21.3 Å². The molecule has 0 radical (unpaired) electrons. The third-order valence-corrected chi connectivity index (χ3v) is 4.18. The van der Waals surface area contributed by atoms with Gasteiger partial charge >= 0.3 is 0 Å². The van der Waals surface area contributed by atoms with Gasteiger partial charge in [-0.25, -0.2) is 0 Å². The largest absolute Gasteiger partial charge is 0.493 e. The SMILES string of the molecule is CCC(C)c1ccccc1OCCCC1CCCN1. The highest BCUT2D eigenvalue weighted by atomic mass is 16.5. The predicted octanol–water partition coefficient (Wildman–Crippen LogP) is 4.11. The third kappa shape index (κ3) is 4.24. The minimum atomic E-state index is 0.577. The van der Waals surface area contributed by atoms with Crippen LogP contribution in [-0.4, -0.2) is 19.2 Å². The van der Waals surface area contributed by atoms with E-state index in [4.69, 9.17) is 4.74 Å². The Morgan fingerprint density at radius 2 is 2.21 bits per heavy atom. The molecule has 1 fully saturated rings. The highest BCUT2D eigenvalue weighted by Gasteiger charge is 2.13. The summed E-state index contributed by atoms with van der Waals surface area (Å²) in [6.45, 7) is 6.53. The monoisotopic (exact) mass is 261 g/mol. The zero-order valence-electron chi connectivity index (χ0n) is 12.3. The van der Waals surface area contributed by atoms with E-state index < -0.39 is 0 Å². The lowest BCUT2D eigenvalue weighted by Crippen LogP contribution is -2.21. The van der Waals surface area contributed by atoms with Crippen LogP contribution in [0.4, 0.5) is 0 Å². The van der Waals surface area contributed by atoms with Crippen LogP contribution in [0.15, 0.2) is 24.3 Å². The second kappa shape index (κ2) is 7.54. The maximum absolute atomic E-state index is 5.99. The molecule has 0 aromatic heterocycles. The van der Waals surface area contributed by atoms with Crippen molar-refractivity contribution < 1.29 is 4.74 Å². The smallest absolute Gasteiger partial charge is 0.122 e. The Bertz CT molecular complexity index is 371. The van der Waals surface area contributed by atoms with E-state index in [0.717, 1.165) is 31.2 Å². The minimum absolute atomic E-state index is 0.577. The fraction of sp³-hybridized carbons (Fsp3) is 0.647. The van der Waals surface area contributed by atoms with E-state index in [0.29, 0.717) is 5.92 Å². The predicted molar refractivity (Wildman–Crippen MR) is 80.9 cm³/mol. The lowest BCUT2D eigenvalue weighted by Gasteiger charge is -2.16. The Balaban J connectivity index is 1.78. The van der Waals surface area contributed by atoms with Crippen molar-refractivity contribution in [3.63, 3.8) is 0 Å². The summed E-state index contributed by atoms with van der Waals surface area (Å²) in [7, 11) is 0. The van der Waals surface area contributed by atoms with E-state index in [-0.39, 0.29) is 0 Å². The van der Waals surface area contributed by atoms with Gasteiger partial charge in [-0.15, -0.1) is 0 Å². The maximum Gasteiger partial charge on any atom is 0.122 e. The molecule has 2 atom stereocenters. The van der Waals surface area contributed by atoms with Gasteiger partial charge in [0, 0.05) is 6.04 Å². The number of para-hydroxylation sites is 1. The van der Waals surface area contributed by atoms with Crippen molar-refractivity contribution in [2.75, 3.05) is 13.2 Å². The Hall–Kier alpha value is -1.02. The van der Waals surface area contributed by atoms with E-state index in [1.165, 1.54) is 31.4 Å². The van der Waals surface area contributed by atoms with Crippen molar-refractivity contribution in [3.05, 3.63) is 29.8 Å². The first-order chi connectivity index (χ1) is 9.31. The molecule has 0 bridgehead atoms. The van der Waals surface area contributed by atoms with Crippen LogP contribution in [0.2, 0.25) is 0 Å². The van der Waals surface area contributed by atoms with Gasteiger partial charge in [0.15, 0.2) is 0 Å². The van der Waals surface area contributed by atoms with Gasteiger partial charge in [0.25, 0.3) is 0 Å². The van der Waals surface area contributed by atoms with E-state index in [9.17, 15) is 0 Å². The summed E-state index contributed by atoms with van der Waals surface area (Å²) in [5.41, 5.74) is 1.35. The van der Waals surface area contributed by atoms with Crippen molar-refractivity contribution in [2.45, 2.75) is 57.9 Å². The van der Waals surface area contributed by atoms with Crippen molar-refractivity contribution in [1.82, 2.24) is 5.32 Å². The zero-order chi connectivity index (χ0) is 13.5. The lowest BCUT2D eigenvalue weighted by atomic mass is 9.98. The Labute approximate surface area is 117 Å². The van der Waals surface area contributed by atoms with Crippen LogP contribution >= 0.6 is 0 Å². The normalized spacial score (nSPS) is 20.4. The van der Waals surface area contributed by atoms with Gasteiger partial charge in [0.05, 0.1) is 6.61 Å². The molecule has 0 amide bonds. The molecular formula is C17H27NO. The van der Waals surface area contributed by atoms with E-state index in [1.54, 1.807) is 0 Å². The van der Waals surface area contributed by atoms with E-state index in [2.05, 4.69) is 43.4 Å². The average Bonchev–Trinajstić information content (AvgIpc) is 2.96. The highest BCUT2D eigenvalue weighted by molar-refractivity contribution is 5.35. The number of rotatable bonds is 7. The van der Waals surface area contributed by atoms with E-state index in [1.807, 2.05) is 0 Å². The number of nitrogens with one attached hydrogen (secondary N) is 1. The molecule has 2 heteroatoms. The molecule has 1 N–H and O–H groups in total. The van der Waals surface area contributed by atoms with Crippen molar-refractivity contribution in [2.24, 2.45) is 0 Å². The molecule has 2 nitrogen and oxygen atoms in total. The summed E-state index contributed by atoms with van der Waals surface area (Å²) in [6.07, 6.45) is 6.22. The van der Waals surface area contributed by atoms with Crippen molar-refractivity contribution >= 4 is 0 Å². The fourth-order valence-corrected chi connectivity index (χ4v) is 2.75. The summed E-state index contributed by atoms with van der Waals surface area (Å²) in [6, 6.07) is 9.21. The van der Waals surface area contributed by atoms with Crippen LogP contribution in [0, 0.1) is 0 Å². The zero-order valence-corrected chi connectivity index (χ0v) is 12.3. The number of hydrogen-bond acceptors (Lipinski definition) is 2. The molecule has 1 aromatic rings. The molecule has 1 aliphatic rings. The quantitative estimate of drug-likeness (QED) is 0.746. The Kier molecular flexibility index (Phi) is 5.71. The lowest BCUT2D eigenvalue weighted by molar-refractivity contribution is 0.294. The van der Waals surface area contributed by atoms with Crippen molar-refractivity contribution in [1.29, 1.82) is 0 Å². The number of hydrogen-bond donors (Lipinski definition) is 1. The molecule has 19 heavy (non-hydrogen) atoms. The molecule has 1 aromatic carbocycles. The molecule has 1 aliphatic heterocycles. The van der Waals surface area contributed by atoms with Gasteiger partial charge in [0.2, 0.25) is 0 Å². The van der Waals surface area contributed by atoms with Gasteiger partial charge in [-0.05, 0) is 56.2 Å². The maximum atomic E-state index is 5.99. The second-order valence-corrected chi connectivity index (χ2v) is 5.63. The first-order valence-corrected chi connectivity index (χ1v) is 7.76. The second-order valence-electron chi connectivity index (χ2n) is 5.63. The van der Waals surface area contributed by atoms with Gasteiger partial charge in [0.1, 0.15) is 5.75 Å². The third-order valence-electron chi connectivity index (χ3n) is 4.18. The van der Waals surface area contributed by atoms with Crippen LogP contribution in [0.1, 0.15) is 57.4 Å². The van der Waals surface area contributed by atoms with Crippen LogP contribution in [-0.2, 0) is 0 Å². The van der Waals surface area contributed by atoms with Crippen LogP contribution in [0.3, 0.4) is 0 Å². The van der Waals surface area contributed by atoms with Gasteiger partial charge in [-0.2, -0.15) is 0 Å². The summed E-state index contributed by atoms with van der Waals surface area (Å²) in [4.78, 5) is 0. The molecule has 2 unspecified atom stereocenters. The Morgan fingerprint density at radius 3 is 2.95 bits per heavy atom. The summed E-state index contributed by atoms with van der Waals surface area (Å²) in [5.74, 6) is 1.66. The fourth-order valence-electron chi connectivity index (χ4n) is 2.75. The molecule has 0 spiro atoms. The first kappa shape index (κ1) is 14.4. The van der Waals surface area contributed by atoms with Gasteiger partial charge in [-0.3, -0.25) is 0 Å². The summed E-state index contributed by atoms with van der Waals surface area (Å²) in [5, 5.41) is 3.54. The molecule has 1 saturated heterocycles.